The van der Waals surface area contributed by atoms with Crippen LogP contribution in [0.4, 0.5) is 5.69 Å². The fraction of sp³-hybridized carbons (Fsp3) is 0.667. The van der Waals surface area contributed by atoms with Crippen LogP contribution in [0, 0.1) is 5.92 Å². The molecule has 1 unspecified atom stereocenters. The molecule has 1 aromatic rings. The van der Waals surface area contributed by atoms with E-state index in [2.05, 4.69) is 48.1 Å². The first-order valence-electron chi connectivity index (χ1n) is 7.08. The van der Waals surface area contributed by atoms with Crippen LogP contribution >= 0.6 is 0 Å². The van der Waals surface area contributed by atoms with Crippen molar-refractivity contribution >= 4 is 5.69 Å². The van der Waals surface area contributed by atoms with Gasteiger partial charge in [0.15, 0.2) is 0 Å². The lowest BCUT2D eigenvalue weighted by atomic mass is 10.00. The summed E-state index contributed by atoms with van der Waals surface area (Å²) in [4.78, 5) is 6.93. The lowest BCUT2D eigenvalue weighted by Gasteiger charge is -2.32. The normalized spacial score (nSPS) is 20.4. The van der Waals surface area contributed by atoms with Crippen molar-refractivity contribution in [2.45, 2.75) is 46.2 Å². The van der Waals surface area contributed by atoms with Gasteiger partial charge < -0.3 is 10.2 Å². The largest absolute Gasteiger partial charge is 0.371 e. The Morgan fingerprint density at radius 3 is 3.06 bits per heavy atom. The second kappa shape index (κ2) is 6.19. The van der Waals surface area contributed by atoms with E-state index in [0.29, 0.717) is 6.04 Å². The van der Waals surface area contributed by atoms with Gasteiger partial charge in [0, 0.05) is 37.6 Å². The van der Waals surface area contributed by atoms with Crippen LogP contribution in [0.3, 0.4) is 0 Å². The maximum Gasteiger partial charge on any atom is 0.0562 e. The lowest BCUT2D eigenvalue weighted by molar-refractivity contribution is 0.446. The average Bonchev–Trinajstić information content (AvgIpc) is 2.37. The first kappa shape index (κ1) is 13.3. The molecule has 1 aliphatic rings. The summed E-state index contributed by atoms with van der Waals surface area (Å²) in [6.45, 7) is 9.89. The van der Waals surface area contributed by atoms with E-state index in [1.165, 1.54) is 31.6 Å². The summed E-state index contributed by atoms with van der Waals surface area (Å²) < 4.78 is 0. The molecule has 1 N–H and O–H groups in total. The number of aromatic nitrogens is 1. The lowest BCUT2D eigenvalue weighted by Crippen LogP contribution is -2.34. The van der Waals surface area contributed by atoms with Crippen molar-refractivity contribution in [3.05, 3.63) is 24.0 Å². The monoisotopic (exact) mass is 247 g/mol. The highest BCUT2D eigenvalue weighted by Gasteiger charge is 2.16. The van der Waals surface area contributed by atoms with Gasteiger partial charge in [0.05, 0.1) is 5.69 Å². The Labute approximate surface area is 111 Å². The van der Waals surface area contributed by atoms with E-state index >= 15 is 0 Å². The summed E-state index contributed by atoms with van der Waals surface area (Å²) in [5.74, 6) is 0.809. The van der Waals surface area contributed by atoms with E-state index in [9.17, 15) is 0 Å². The number of nitrogens with zero attached hydrogens (tertiary/aromatic N) is 2. The minimum Gasteiger partial charge on any atom is -0.371 e. The van der Waals surface area contributed by atoms with Crippen LogP contribution in [0.25, 0.3) is 0 Å². The summed E-state index contributed by atoms with van der Waals surface area (Å²) in [7, 11) is 0. The summed E-state index contributed by atoms with van der Waals surface area (Å²) in [6, 6.07) is 4.87. The molecule has 2 heterocycles. The second-order valence-corrected chi connectivity index (χ2v) is 5.73. The van der Waals surface area contributed by atoms with Gasteiger partial charge in [-0.3, -0.25) is 4.98 Å². The smallest absolute Gasteiger partial charge is 0.0562 e. The molecule has 0 radical (unpaired) electrons. The van der Waals surface area contributed by atoms with E-state index in [0.717, 1.165) is 18.2 Å². The van der Waals surface area contributed by atoms with Crippen LogP contribution in [0.1, 0.15) is 39.3 Å². The van der Waals surface area contributed by atoms with Gasteiger partial charge in [-0.25, -0.2) is 0 Å². The topological polar surface area (TPSA) is 28.2 Å². The molecule has 2 rings (SSSR count). The highest BCUT2D eigenvalue weighted by Crippen LogP contribution is 2.22. The van der Waals surface area contributed by atoms with Crippen LogP contribution in [0.2, 0.25) is 0 Å². The van der Waals surface area contributed by atoms with E-state index in [-0.39, 0.29) is 0 Å². The fourth-order valence-corrected chi connectivity index (χ4v) is 2.49. The maximum atomic E-state index is 4.44. The minimum absolute atomic E-state index is 0.505. The van der Waals surface area contributed by atoms with E-state index in [1.54, 1.807) is 0 Å². The van der Waals surface area contributed by atoms with Crippen molar-refractivity contribution in [2.75, 3.05) is 18.0 Å². The molecule has 1 aromatic heterocycles. The summed E-state index contributed by atoms with van der Waals surface area (Å²) >= 11 is 0. The Bertz CT molecular complexity index is 376. The molecule has 3 nitrogen and oxygen atoms in total. The molecule has 1 atom stereocenters. The predicted octanol–water partition coefficient (Wildman–Crippen LogP) is 2.82. The van der Waals surface area contributed by atoms with Gasteiger partial charge in [0.2, 0.25) is 0 Å². The number of anilines is 1. The molecule has 0 bridgehead atoms. The zero-order valence-corrected chi connectivity index (χ0v) is 11.8. The van der Waals surface area contributed by atoms with Crippen molar-refractivity contribution in [2.24, 2.45) is 5.92 Å². The molecule has 1 aliphatic heterocycles. The third-order valence-corrected chi connectivity index (χ3v) is 3.51. The fourth-order valence-electron chi connectivity index (χ4n) is 2.49. The highest BCUT2D eigenvalue weighted by molar-refractivity contribution is 5.46. The minimum atomic E-state index is 0.505. The van der Waals surface area contributed by atoms with Crippen molar-refractivity contribution in [3.8, 4) is 0 Å². The molecule has 3 heteroatoms. The number of pyridine rings is 1. The molecule has 0 spiro atoms. The molecule has 0 amide bonds. The van der Waals surface area contributed by atoms with Gasteiger partial charge in [0.1, 0.15) is 0 Å². The van der Waals surface area contributed by atoms with E-state index < -0.39 is 0 Å². The zero-order chi connectivity index (χ0) is 13.0. The Morgan fingerprint density at radius 1 is 1.50 bits per heavy atom. The zero-order valence-electron chi connectivity index (χ0n) is 11.8. The molecule has 0 aromatic carbocycles. The van der Waals surface area contributed by atoms with E-state index in [4.69, 9.17) is 0 Å². The SMILES string of the molecule is CC1CCCN(c2ccnc(CNC(C)C)c2)C1. The van der Waals surface area contributed by atoms with Gasteiger partial charge in [-0.15, -0.1) is 0 Å². The van der Waals surface area contributed by atoms with Gasteiger partial charge >= 0.3 is 0 Å². The van der Waals surface area contributed by atoms with Crippen molar-refractivity contribution < 1.29 is 0 Å². The average molecular weight is 247 g/mol. The third-order valence-electron chi connectivity index (χ3n) is 3.51. The van der Waals surface area contributed by atoms with Crippen LogP contribution < -0.4 is 10.2 Å². The maximum absolute atomic E-state index is 4.44. The molecule has 0 aliphatic carbocycles. The Kier molecular flexibility index (Phi) is 4.59. The van der Waals surface area contributed by atoms with Crippen molar-refractivity contribution in [1.82, 2.24) is 10.3 Å². The molecular formula is C15H25N3. The first-order valence-corrected chi connectivity index (χ1v) is 7.08. The highest BCUT2D eigenvalue weighted by atomic mass is 15.1. The molecule has 1 fully saturated rings. The molecular weight excluding hydrogens is 222 g/mol. The quantitative estimate of drug-likeness (QED) is 0.887. The van der Waals surface area contributed by atoms with Crippen molar-refractivity contribution in [3.63, 3.8) is 0 Å². The second-order valence-electron chi connectivity index (χ2n) is 5.73. The van der Waals surface area contributed by atoms with E-state index in [1.807, 2.05) is 6.20 Å². The Balaban J connectivity index is 2.02. The predicted molar refractivity (Wildman–Crippen MR) is 76.8 cm³/mol. The number of piperidine rings is 1. The summed E-state index contributed by atoms with van der Waals surface area (Å²) in [5, 5.41) is 3.42. The molecule has 1 saturated heterocycles. The van der Waals surface area contributed by atoms with Crippen LogP contribution in [-0.2, 0) is 6.54 Å². The van der Waals surface area contributed by atoms with Crippen LogP contribution in [0.15, 0.2) is 18.3 Å². The van der Waals surface area contributed by atoms with Crippen molar-refractivity contribution in [1.29, 1.82) is 0 Å². The van der Waals surface area contributed by atoms with Gasteiger partial charge in [0.25, 0.3) is 0 Å². The Morgan fingerprint density at radius 2 is 2.33 bits per heavy atom. The standard InChI is InChI=1S/C15H25N3/c1-12(2)17-10-14-9-15(6-7-16-14)18-8-4-5-13(3)11-18/h6-7,9,12-13,17H,4-5,8,10-11H2,1-3H3. The summed E-state index contributed by atoms with van der Waals surface area (Å²) in [6.07, 6.45) is 4.61. The van der Waals surface area contributed by atoms with Crippen LogP contribution in [-0.4, -0.2) is 24.1 Å². The first-order chi connectivity index (χ1) is 8.65. The molecule has 0 saturated carbocycles. The molecule has 100 valence electrons. The van der Waals surface area contributed by atoms with Crippen LogP contribution in [0.5, 0.6) is 0 Å². The van der Waals surface area contributed by atoms with Gasteiger partial charge in [-0.2, -0.15) is 0 Å². The summed E-state index contributed by atoms with van der Waals surface area (Å²) in [5.41, 5.74) is 2.47. The number of hydrogen-bond donors (Lipinski definition) is 1. The number of hydrogen-bond acceptors (Lipinski definition) is 3. The number of rotatable bonds is 4. The van der Waals surface area contributed by atoms with Gasteiger partial charge in [-0.05, 0) is 30.9 Å². The Hall–Kier alpha value is -1.09. The van der Waals surface area contributed by atoms with Gasteiger partial charge in [-0.1, -0.05) is 20.8 Å². The molecule has 18 heavy (non-hydrogen) atoms. The third kappa shape index (κ3) is 3.70. The number of nitrogens with one attached hydrogen (secondary N) is 1.